The number of piperidine rings is 2. The summed E-state index contributed by atoms with van der Waals surface area (Å²) in [5.74, 6) is 0.902. The molecule has 1 aromatic heterocycles. The molecule has 3 heterocycles. The minimum atomic E-state index is -3.63. The lowest BCUT2D eigenvalue weighted by Crippen LogP contribution is -2.45. The van der Waals surface area contributed by atoms with Crippen molar-refractivity contribution in [2.24, 2.45) is 11.8 Å². The Morgan fingerprint density at radius 1 is 1.00 bits per heavy atom. The summed E-state index contributed by atoms with van der Waals surface area (Å²) in [6.07, 6.45) is 4.21. The van der Waals surface area contributed by atoms with Gasteiger partial charge in [0.2, 0.25) is 0 Å². The van der Waals surface area contributed by atoms with Crippen molar-refractivity contribution in [1.29, 1.82) is 0 Å². The van der Waals surface area contributed by atoms with Crippen LogP contribution in [0.1, 0.15) is 48.7 Å². The second-order valence-electron chi connectivity index (χ2n) is 8.85. The fourth-order valence-corrected chi connectivity index (χ4v) is 6.07. The van der Waals surface area contributed by atoms with E-state index in [0.717, 1.165) is 37.8 Å². The molecule has 7 nitrogen and oxygen atoms in total. The first-order chi connectivity index (χ1) is 15.9. The predicted octanol–water partition coefficient (Wildman–Crippen LogP) is 3.70. The quantitative estimate of drug-likeness (QED) is 0.692. The topological polar surface area (TPSA) is 82.6 Å². The third kappa shape index (κ3) is 5.70. The molecule has 0 atom stereocenters. The summed E-state index contributed by atoms with van der Waals surface area (Å²) in [6.45, 7) is 4.32. The van der Waals surface area contributed by atoms with Crippen LogP contribution in [-0.4, -0.2) is 54.7 Å². The maximum atomic E-state index is 13.1. The van der Waals surface area contributed by atoms with E-state index in [-0.39, 0.29) is 11.7 Å². The number of pyridine rings is 1. The van der Waals surface area contributed by atoms with Crippen LogP contribution >= 0.6 is 0 Å². The molecule has 4 rings (SSSR count). The average Bonchev–Trinajstić information content (AvgIpc) is 2.84. The van der Waals surface area contributed by atoms with Crippen LogP contribution in [0.2, 0.25) is 0 Å². The zero-order valence-electron chi connectivity index (χ0n) is 18.9. The second kappa shape index (κ2) is 10.2. The second-order valence-corrected chi connectivity index (χ2v) is 10.5. The highest BCUT2D eigenvalue weighted by Crippen LogP contribution is 2.33. The van der Waals surface area contributed by atoms with E-state index in [1.54, 1.807) is 6.07 Å². The van der Waals surface area contributed by atoms with Crippen molar-refractivity contribution in [2.75, 3.05) is 30.9 Å². The Morgan fingerprint density at radius 3 is 2.21 bits per heavy atom. The van der Waals surface area contributed by atoms with E-state index in [0.29, 0.717) is 49.4 Å². The molecule has 1 N–H and O–H groups in total. The van der Waals surface area contributed by atoms with E-state index in [1.165, 1.54) is 28.6 Å². The Kier molecular flexibility index (Phi) is 7.29. The van der Waals surface area contributed by atoms with E-state index in [2.05, 4.69) is 9.71 Å². The molecule has 1 aromatic carbocycles. The van der Waals surface area contributed by atoms with Crippen molar-refractivity contribution in [3.8, 4) is 0 Å². The van der Waals surface area contributed by atoms with Gasteiger partial charge in [0.05, 0.1) is 0 Å². The molecule has 2 aliphatic rings. The van der Waals surface area contributed by atoms with E-state index in [1.807, 2.05) is 24.0 Å². The summed E-state index contributed by atoms with van der Waals surface area (Å²) in [5, 5.41) is 0. The fourth-order valence-electron chi connectivity index (χ4n) is 4.87. The van der Waals surface area contributed by atoms with Gasteiger partial charge < -0.3 is 4.90 Å². The number of carbonyl (C=O) groups excluding carboxylic acids is 1. The number of aromatic nitrogens is 1. The Bertz CT molecular complexity index is 1060. The molecule has 0 aliphatic carbocycles. The number of anilines is 1. The highest BCUT2D eigenvalue weighted by Gasteiger charge is 2.34. The molecular weight excluding hydrogens is 443 g/mol. The van der Waals surface area contributed by atoms with Gasteiger partial charge in [0.15, 0.2) is 0 Å². The maximum Gasteiger partial charge on any atom is 0.302 e. The number of halogens is 1. The van der Waals surface area contributed by atoms with Gasteiger partial charge in [-0.1, -0.05) is 13.0 Å². The molecular formula is C24H31FN4O3S. The van der Waals surface area contributed by atoms with Crippen LogP contribution in [0.5, 0.6) is 0 Å². The van der Waals surface area contributed by atoms with Gasteiger partial charge in [-0.3, -0.25) is 9.52 Å². The summed E-state index contributed by atoms with van der Waals surface area (Å²) in [5.41, 5.74) is 1.36. The number of amides is 1. The molecule has 2 saturated heterocycles. The van der Waals surface area contributed by atoms with Crippen LogP contribution in [0.15, 0.2) is 42.5 Å². The van der Waals surface area contributed by atoms with E-state index < -0.39 is 10.2 Å². The van der Waals surface area contributed by atoms with Crippen LogP contribution in [0.3, 0.4) is 0 Å². The first-order valence-electron chi connectivity index (χ1n) is 11.6. The van der Waals surface area contributed by atoms with Crippen molar-refractivity contribution in [3.05, 3.63) is 59.5 Å². The van der Waals surface area contributed by atoms with Crippen molar-refractivity contribution in [1.82, 2.24) is 14.2 Å². The first kappa shape index (κ1) is 23.6. The van der Waals surface area contributed by atoms with Crippen LogP contribution in [-0.2, 0) is 16.6 Å². The molecule has 178 valence electrons. The SMILES string of the molecule is CCc1cccc(NS(=O)(=O)N2CCC(C3CCN(C(=O)c4ccc(F)cc4)CC3)CC2)n1. The highest BCUT2D eigenvalue weighted by atomic mass is 32.2. The zero-order valence-corrected chi connectivity index (χ0v) is 19.7. The number of hydrogen-bond donors (Lipinski definition) is 1. The van der Waals surface area contributed by atoms with Crippen molar-refractivity contribution >= 4 is 21.9 Å². The molecule has 0 bridgehead atoms. The van der Waals surface area contributed by atoms with Gasteiger partial charge in [-0.25, -0.2) is 9.37 Å². The fraction of sp³-hybridized carbons (Fsp3) is 0.500. The van der Waals surface area contributed by atoms with Gasteiger partial charge in [-0.2, -0.15) is 12.7 Å². The van der Waals surface area contributed by atoms with Crippen LogP contribution in [0.4, 0.5) is 10.2 Å². The first-order valence-corrected chi connectivity index (χ1v) is 13.1. The molecule has 1 amide bonds. The van der Waals surface area contributed by atoms with Crippen molar-refractivity contribution in [2.45, 2.75) is 39.0 Å². The number of carbonyl (C=O) groups is 1. The minimum absolute atomic E-state index is 0.0545. The lowest BCUT2D eigenvalue weighted by molar-refractivity contribution is 0.0629. The van der Waals surface area contributed by atoms with Crippen molar-refractivity contribution in [3.63, 3.8) is 0 Å². The van der Waals surface area contributed by atoms with E-state index in [9.17, 15) is 17.6 Å². The van der Waals surface area contributed by atoms with Crippen LogP contribution in [0.25, 0.3) is 0 Å². The number of aryl methyl sites for hydroxylation is 1. The smallest absolute Gasteiger partial charge is 0.302 e. The number of nitrogens with zero attached hydrogens (tertiary/aromatic N) is 3. The Balaban J connectivity index is 1.27. The summed E-state index contributed by atoms with van der Waals surface area (Å²) in [6, 6.07) is 11.0. The summed E-state index contributed by atoms with van der Waals surface area (Å²) in [4.78, 5) is 18.8. The Morgan fingerprint density at radius 2 is 1.61 bits per heavy atom. The summed E-state index contributed by atoms with van der Waals surface area (Å²) < 4.78 is 42.9. The standard InChI is InChI=1S/C24H31FN4O3S/c1-2-22-4-3-5-23(26-22)27-33(31,32)29-16-12-19(13-17-29)18-10-14-28(15-11-18)24(30)20-6-8-21(25)9-7-20/h3-9,18-19H,2,10-17H2,1H3,(H,26,27). The van der Waals surface area contributed by atoms with Crippen LogP contribution < -0.4 is 4.72 Å². The third-order valence-electron chi connectivity index (χ3n) is 6.83. The largest absolute Gasteiger partial charge is 0.339 e. The number of likely N-dealkylation sites (tertiary alicyclic amines) is 1. The zero-order chi connectivity index (χ0) is 23.4. The Hall–Kier alpha value is -2.52. The van der Waals surface area contributed by atoms with E-state index >= 15 is 0 Å². The van der Waals surface area contributed by atoms with Gasteiger partial charge in [-0.15, -0.1) is 0 Å². The van der Waals surface area contributed by atoms with Crippen molar-refractivity contribution < 1.29 is 17.6 Å². The van der Waals surface area contributed by atoms with Crippen LogP contribution in [0, 0.1) is 17.7 Å². The molecule has 0 radical (unpaired) electrons. The Labute approximate surface area is 195 Å². The molecule has 9 heteroatoms. The molecule has 2 aromatic rings. The molecule has 2 fully saturated rings. The van der Waals surface area contributed by atoms with Gasteiger partial charge in [-0.05, 0) is 80.3 Å². The predicted molar refractivity (Wildman–Crippen MR) is 125 cm³/mol. The third-order valence-corrected chi connectivity index (χ3v) is 8.34. The van der Waals surface area contributed by atoms with Gasteiger partial charge in [0, 0.05) is 37.4 Å². The van der Waals surface area contributed by atoms with Gasteiger partial charge in [0.25, 0.3) is 5.91 Å². The number of hydrogen-bond acceptors (Lipinski definition) is 4. The van der Waals surface area contributed by atoms with E-state index in [4.69, 9.17) is 0 Å². The molecule has 0 spiro atoms. The maximum absolute atomic E-state index is 13.1. The molecule has 0 saturated carbocycles. The lowest BCUT2D eigenvalue weighted by Gasteiger charge is -2.39. The minimum Gasteiger partial charge on any atom is -0.339 e. The van der Waals surface area contributed by atoms with Gasteiger partial charge in [0.1, 0.15) is 11.6 Å². The molecule has 0 unspecified atom stereocenters. The number of rotatable bonds is 6. The normalized spacial score (nSPS) is 18.9. The summed E-state index contributed by atoms with van der Waals surface area (Å²) >= 11 is 0. The lowest BCUT2D eigenvalue weighted by atomic mass is 9.79. The monoisotopic (exact) mass is 474 g/mol. The molecule has 33 heavy (non-hydrogen) atoms. The molecule has 2 aliphatic heterocycles. The number of benzene rings is 1. The highest BCUT2D eigenvalue weighted by molar-refractivity contribution is 7.90. The summed E-state index contributed by atoms with van der Waals surface area (Å²) in [7, 11) is -3.63. The van der Waals surface area contributed by atoms with Gasteiger partial charge >= 0.3 is 10.2 Å². The average molecular weight is 475 g/mol. The number of nitrogens with one attached hydrogen (secondary N) is 1.